The van der Waals surface area contributed by atoms with Crippen molar-refractivity contribution < 1.29 is 4.79 Å². The van der Waals surface area contributed by atoms with Gasteiger partial charge in [-0.05, 0) is 44.0 Å². The average Bonchev–Trinajstić information content (AvgIpc) is 3.22. The topological polar surface area (TPSA) is 46.1 Å². The molecule has 0 fully saturated rings. The molecule has 1 amide bonds. The van der Waals surface area contributed by atoms with E-state index in [2.05, 4.69) is 4.98 Å². The van der Waals surface area contributed by atoms with Crippen molar-refractivity contribution in [1.29, 1.82) is 0 Å². The van der Waals surface area contributed by atoms with Crippen LogP contribution in [0.5, 0.6) is 0 Å². The van der Waals surface area contributed by atoms with Crippen LogP contribution in [-0.2, 0) is 6.54 Å². The maximum absolute atomic E-state index is 13.4. The highest BCUT2D eigenvalue weighted by atomic mass is 35.5. The molecule has 0 atom stereocenters. The number of benzene rings is 2. The van der Waals surface area contributed by atoms with E-state index in [9.17, 15) is 4.79 Å². The van der Waals surface area contributed by atoms with Crippen LogP contribution in [0.1, 0.15) is 31.5 Å². The zero-order valence-electron chi connectivity index (χ0n) is 15.7. The number of hydrogen-bond donors (Lipinski definition) is 0. The van der Waals surface area contributed by atoms with Crippen LogP contribution in [0, 0.1) is 20.8 Å². The molecule has 0 bridgehead atoms. The van der Waals surface area contributed by atoms with Crippen molar-refractivity contribution in [2.24, 2.45) is 0 Å². The number of rotatable bonds is 4. The number of hydrogen-bond acceptors (Lipinski definition) is 5. The highest BCUT2D eigenvalue weighted by Crippen LogP contribution is 2.35. The van der Waals surface area contributed by atoms with Crippen molar-refractivity contribution in [3.63, 3.8) is 0 Å². The van der Waals surface area contributed by atoms with E-state index in [1.807, 2.05) is 63.2 Å². The number of nitrogens with zero attached hydrogens (tertiary/aromatic N) is 3. The number of carbonyl (C=O) groups is 1. The lowest BCUT2D eigenvalue weighted by atomic mass is 10.2. The fourth-order valence-corrected chi connectivity index (χ4v) is 5.39. The number of anilines is 1. The molecule has 0 saturated heterocycles. The molecule has 4 rings (SSSR count). The standard InChI is InChI=1S/C21H18ClN3OS2/c1-12-9-16(22)10-17-18(12)24-21(28-17)25(11-15-7-5-4-6-8-15)20(26)19-13(2)23-14(3)27-19/h4-10H,11H2,1-3H3. The van der Waals surface area contributed by atoms with Gasteiger partial charge in [-0.15, -0.1) is 11.3 Å². The SMILES string of the molecule is Cc1nc(C)c(C(=O)N(Cc2ccccc2)c2nc3c(C)cc(Cl)cc3s2)s1. The second kappa shape index (κ2) is 7.62. The summed E-state index contributed by atoms with van der Waals surface area (Å²) in [6.45, 7) is 6.22. The van der Waals surface area contributed by atoms with Crippen molar-refractivity contribution >= 4 is 55.5 Å². The highest BCUT2D eigenvalue weighted by Gasteiger charge is 2.25. The molecule has 2 aromatic heterocycles. The first-order valence-electron chi connectivity index (χ1n) is 8.79. The molecule has 0 spiro atoms. The van der Waals surface area contributed by atoms with Crippen LogP contribution in [0.2, 0.25) is 5.02 Å². The predicted octanol–water partition coefficient (Wildman–Crippen LogP) is 6.18. The molecular formula is C21H18ClN3OS2. The normalized spacial score (nSPS) is 11.1. The van der Waals surface area contributed by atoms with E-state index < -0.39 is 0 Å². The van der Waals surface area contributed by atoms with E-state index >= 15 is 0 Å². The van der Waals surface area contributed by atoms with Crippen LogP contribution in [0.15, 0.2) is 42.5 Å². The van der Waals surface area contributed by atoms with Crippen molar-refractivity contribution in [3.8, 4) is 0 Å². The summed E-state index contributed by atoms with van der Waals surface area (Å²) < 4.78 is 0.975. The second-order valence-corrected chi connectivity index (χ2v) is 9.24. The smallest absolute Gasteiger partial charge is 0.272 e. The third-order valence-corrected chi connectivity index (χ3v) is 6.70. The Morgan fingerprint density at radius 1 is 1.07 bits per heavy atom. The fraction of sp³-hybridized carbons (Fsp3) is 0.190. The summed E-state index contributed by atoms with van der Waals surface area (Å²) in [5.74, 6) is -0.0743. The first kappa shape index (κ1) is 19.1. The van der Waals surface area contributed by atoms with E-state index in [0.717, 1.165) is 32.0 Å². The van der Waals surface area contributed by atoms with Gasteiger partial charge in [0.2, 0.25) is 0 Å². The molecule has 2 aromatic carbocycles. The van der Waals surface area contributed by atoms with Gasteiger partial charge in [0.05, 0.1) is 27.5 Å². The number of amides is 1. The van der Waals surface area contributed by atoms with Crippen molar-refractivity contribution in [3.05, 3.63) is 74.2 Å². The third kappa shape index (κ3) is 3.68. The van der Waals surface area contributed by atoms with Gasteiger partial charge in [-0.3, -0.25) is 9.69 Å². The minimum absolute atomic E-state index is 0.0743. The zero-order chi connectivity index (χ0) is 19.8. The van der Waals surface area contributed by atoms with Gasteiger partial charge in [-0.1, -0.05) is 53.3 Å². The van der Waals surface area contributed by atoms with Gasteiger partial charge in [0.1, 0.15) is 4.88 Å². The molecule has 0 unspecified atom stereocenters. The molecule has 28 heavy (non-hydrogen) atoms. The average molecular weight is 428 g/mol. The Bertz CT molecular complexity index is 1170. The van der Waals surface area contributed by atoms with Gasteiger partial charge >= 0.3 is 0 Å². The molecule has 0 N–H and O–H groups in total. The Balaban J connectivity index is 1.82. The van der Waals surface area contributed by atoms with Gasteiger partial charge in [0.25, 0.3) is 5.91 Å². The Hall–Kier alpha value is -2.28. The monoisotopic (exact) mass is 427 g/mol. The molecule has 0 aliphatic carbocycles. The molecule has 0 aliphatic rings. The van der Waals surface area contributed by atoms with E-state index in [1.54, 1.807) is 4.90 Å². The number of carbonyl (C=O) groups excluding carboxylic acids is 1. The number of aromatic nitrogens is 2. The van der Waals surface area contributed by atoms with Crippen LogP contribution in [0.4, 0.5) is 5.13 Å². The highest BCUT2D eigenvalue weighted by molar-refractivity contribution is 7.22. The number of halogens is 1. The lowest BCUT2D eigenvalue weighted by Crippen LogP contribution is -2.30. The summed E-state index contributed by atoms with van der Waals surface area (Å²) in [6, 6.07) is 13.7. The van der Waals surface area contributed by atoms with E-state index in [-0.39, 0.29) is 5.91 Å². The van der Waals surface area contributed by atoms with Crippen molar-refractivity contribution in [2.75, 3.05) is 4.90 Å². The number of fused-ring (bicyclic) bond motifs is 1. The van der Waals surface area contributed by atoms with Gasteiger partial charge in [-0.25, -0.2) is 9.97 Å². The quantitative estimate of drug-likeness (QED) is 0.390. The zero-order valence-corrected chi connectivity index (χ0v) is 18.1. The Labute approximate surface area is 176 Å². The van der Waals surface area contributed by atoms with E-state index in [1.165, 1.54) is 22.7 Å². The molecule has 7 heteroatoms. The van der Waals surface area contributed by atoms with Crippen LogP contribution in [0.3, 0.4) is 0 Å². The minimum Gasteiger partial charge on any atom is -0.279 e. The molecule has 4 aromatic rings. The number of aryl methyl sites for hydroxylation is 3. The molecule has 2 heterocycles. The minimum atomic E-state index is -0.0743. The first-order valence-corrected chi connectivity index (χ1v) is 10.8. The first-order chi connectivity index (χ1) is 13.4. The lowest BCUT2D eigenvalue weighted by molar-refractivity contribution is 0.0988. The maximum Gasteiger partial charge on any atom is 0.272 e. The Kier molecular flexibility index (Phi) is 5.19. The summed E-state index contributed by atoms with van der Waals surface area (Å²) in [5.41, 5.74) is 3.68. The summed E-state index contributed by atoms with van der Waals surface area (Å²) in [6.07, 6.45) is 0. The van der Waals surface area contributed by atoms with E-state index in [4.69, 9.17) is 16.6 Å². The predicted molar refractivity (Wildman–Crippen MR) is 118 cm³/mol. The summed E-state index contributed by atoms with van der Waals surface area (Å²) in [5, 5.41) is 2.22. The van der Waals surface area contributed by atoms with Gasteiger partial charge in [-0.2, -0.15) is 0 Å². The van der Waals surface area contributed by atoms with Crippen LogP contribution >= 0.6 is 34.3 Å². The van der Waals surface area contributed by atoms with Gasteiger partial charge in [0.15, 0.2) is 5.13 Å². The van der Waals surface area contributed by atoms with Crippen molar-refractivity contribution in [1.82, 2.24) is 9.97 Å². The van der Waals surface area contributed by atoms with Crippen LogP contribution in [-0.4, -0.2) is 15.9 Å². The summed E-state index contributed by atoms with van der Waals surface area (Å²) in [7, 11) is 0. The molecule has 0 radical (unpaired) electrons. The summed E-state index contributed by atoms with van der Waals surface area (Å²) >= 11 is 9.12. The summed E-state index contributed by atoms with van der Waals surface area (Å²) in [4.78, 5) is 25.1. The van der Waals surface area contributed by atoms with Gasteiger partial charge in [0, 0.05) is 5.02 Å². The Morgan fingerprint density at radius 2 is 1.82 bits per heavy atom. The molecule has 0 saturated carbocycles. The maximum atomic E-state index is 13.4. The third-order valence-electron chi connectivity index (χ3n) is 4.40. The van der Waals surface area contributed by atoms with Crippen LogP contribution in [0.25, 0.3) is 10.2 Å². The van der Waals surface area contributed by atoms with E-state index in [0.29, 0.717) is 21.6 Å². The molecule has 0 aliphatic heterocycles. The fourth-order valence-electron chi connectivity index (χ4n) is 3.10. The molecular weight excluding hydrogens is 410 g/mol. The lowest BCUT2D eigenvalue weighted by Gasteiger charge is -2.19. The molecule has 4 nitrogen and oxygen atoms in total. The number of thiazole rings is 2. The Morgan fingerprint density at radius 3 is 2.50 bits per heavy atom. The largest absolute Gasteiger partial charge is 0.279 e. The van der Waals surface area contributed by atoms with Crippen molar-refractivity contribution in [2.45, 2.75) is 27.3 Å². The van der Waals surface area contributed by atoms with Crippen LogP contribution < -0.4 is 4.90 Å². The van der Waals surface area contributed by atoms with Gasteiger partial charge < -0.3 is 0 Å². The second-order valence-electron chi connectivity index (χ2n) is 6.59. The molecule has 142 valence electrons.